The van der Waals surface area contributed by atoms with Gasteiger partial charge in [0.05, 0.1) is 19.2 Å². The highest BCUT2D eigenvalue weighted by Crippen LogP contribution is 2.24. The van der Waals surface area contributed by atoms with Crippen molar-refractivity contribution in [2.24, 2.45) is 5.92 Å². The topological polar surface area (TPSA) is 130 Å². The summed E-state index contributed by atoms with van der Waals surface area (Å²) in [6, 6.07) is 13.8. The van der Waals surface area contributed by atoms with Crippen LogP contribution in [0.5, 0.6) is 0 Å². The SMILES string of the molecule is CCc1ccc2cnc(-c3cccc(CC(=O)NC(C(=O)NC(C)C(=O)N4CCCC(C(=O)OC)N4)C(C)C)c3)cc2c1. The molecule has 3 amide bonds. The van der Waals surface area contributed by atoms with E-state index in [1.165, 1.54) is 17.7 Å². The van der Waals surface area contributed by atoms with E-state index in [0.29, 0.717) is 19.4 Å². The molecule has 10 nitrogen and oxygen atoms in total. The van der Waals surface area contributed by atoms with Crippen molar-refractivity contribution >= 4 is 34.5 Å². The molecule has 0 saturated carbocycles. The molecule has 1 aliphatic rings. The van der Waals surface area contributed by atoms with Crippen LogP contribution < -0.4 is 16.1 Å². The number of fused-ring (bicyclic) bond motifs is 1. The lowest BCUT2D eigenvalue weighted by Gasteiger charge is -2.34. The van der Waals surface area contributed by atoms with Gasteiger partial charge in [0.1, 0.15) is 18.1 Å². The van der Waals surface area contributed by atoms with Crippen molar-refractivity contribution in [3.05, 3.63) is 65.9 Å². The minimum absolute atomic E-state index is 0.0823. The minimum atomic E-state index is -0.867. The van der Waals surface area contributed by atoms with Gasteiger partial charge in [-0.1, -0.05) is 57.2 Å². The Morgan fingerprint density at radius 3 is 2.53 bits per heavy atom. The predicted octanol–water partition coefficient (Wildman–Crippen LogP) is 3.32. The Balaban J connectivity index is 1.38. The first-order valence-corrected chi connectivity index (χ1v) is 14.8. The molecular formula is C33H41N5O5. The molecule has 3 N–H and O–H groups in total. The summed E-state index contributed by atoms with van der Waals surface area (Å²) in [7, 11) is 1.30. The maximum atomic E-state index is 13.2. The van der Waals surface area contributed by atoms with Gasteiger partial charge in [-0.15, -0.1) is 0 Å². The number of pyridine rings is 1. The van der Waals surface area contributed by atoms with Crippen molar-refractivity contribution in [2.75, 3.05) is 13.7 Å². The number of aryl methyl sites for hydroxylation is 1. The van der Waals surface area contributed by atoms with Crippen LogP contribution >= 0.6 is 0 Å². The summed E-state index contributed by atoms with van der Waals surface area (Å²) in [6.07, 6.45) is 4.08. The van der Waals surface area contributed by atoms with E-state index in [4.69, 9.17) is 4.74 Å². The molecule has 2 aromatic carbocycles. The van der Waals surface area contributed by atoms with Crippen LogP contribution in [0, 0.1) is 5.92 Å². The van der Waals surface area contributed by atoms with Crippen molar-refractivity contribution in [1.82, 2.24) is 26.1 Å². The second-order valence-corrected chi connectivity index (χ2v) is 11.3. The molecule has 0 radical (unpaired) electrons. The summed E-state index contributed by atoms with van der Waals surface area (Å²) in [5, 5.41) is 9.11. The van der Waals surface area contributed by atoms with E-state index in [1.807, 2.05) is 44.3 Å². The van der Waals surface area contributed by atoms with E-state index in [9.17, 15) is 19.2 Å². The molecule has 3 atom stereocenters. The van der Waals surface area contributed by atoms with Gasteiger partial charge < -0.3 is 15.4 Å². The van der Waals surface area contributed by atoms with Crippen LogP contribution in [0.3, 0.4) is 0 Å². The summed E-state index contributed by atoms with van der Waals surface area (Å²) in [6.45, 7) is 7.78. The largest absolute Gasteiger partial charge is 0.468 e. The Kier molecular flexibility index (Phi) is 10.5. The Labute approximate surface area is 252 Å². The average Bonchev–Trinajstić information content (AvgIpc) is 3.02. The molecule has 0 spiro atoms. The maximum absolute atomic E-state index is 13.2. The number of methoxy groups -OCH3 is 1. The number of hydrogen-bond donors (Lipinski definition) is 3. The van der Waals surface area contributed by atoms with E-state index < -0.39 is 30.0 Å². The van der Waals surface area contributed by atoms with Crippen molar-refractivity contribution in [3.63, 3.8) is 0 Å². The van der Waals surface area contributed by atoms with Gasteiger partial charge in [0, 0.05) is 23.7 Å². The van der Waals surface area contributed by atoms with Crippen molar-refractivity contribution in [3.8, 4) is 11.3 Å². The van der Waals surface area contributed by atoms with Crippen LogP contribution in [-0.4, -0.2) is 65.5 Å². The van der Waals surface area contributed by atoms with Crippen molar-refractivity contribution in [1.29, 1.82) is 0 Å². The standard InChI is InChI=1S/C33H41N5O5/c1-6-22-12-13-25-19-34-28(18-26(25)15-22)24-10-7-9-23(16-24)17-29(39)36-30(20(2)3)31(40)35-21(4)32(41)38-14-8-11-27(37-38)33(42)43-5/h7,9-10,12-13,15-16,18-21,27,30,37H,6,8,11,14,17H2,1-5H3,(H,35,40)(H,36,39). The third-order valence-electron chi connectivity index (χ3n) is 7.71. The summed E-state index contributed by atoms with van der Waals surface area (Å²) in [5.74, 6) is -1.79. The number of hydrogen-bond acceptors (Lipinski definition) is 7. The lowest BCUT2D eigenvalue weighted by Crippen LogP contribution is -2.60. The predicted molar refractivity (Wildman–Crippen MR) is 165 cm³/mol. The van der Waals surface area contributed by atoms with E-state index in [-0.39, 0.29) is 24.2 Å². The molecule has 1 aromatic heterocycles. The molecule has 1 saturated heterocycles. The van der Waals surface area contributed by atoms with Crippen LogP contribution in [0.25, 0.3) is 22.0 Å². The molecule has 43 heavy (non-hydrogen) atoms. The lowest BCUT2D eigenvalue weighted by molar-refractivity contribution is -0.150. The number of amides is 3. The first-order valence-electron chi connectivity index (χ1n) is 14.8. The fourth-order valence-corrected chi connectivity index (χ4v) is 5.21. The molecule has 10 heteroatoms. The number of hydrazine groups is 1. The van der Waals surface area contributed by atoms with E-state index in [0.717, 1.165) is 34.0 Å². The molecule has 3 aromatic rings. The van der Waals surface area contributed by atoms with Gasteiger partial charge in [-0.05, 0) is 60.7 Å². The number of carbonyl (C=O) groups is 4. The van der Waals surface area contributed by atoms with Gasteiger partial charge in [-0.25, -0.2) is 5.43 Å². The first-order chi connectivity index (χ1) is 20.6. The van der Waals surface area contributed by atoms with Crippen LogP contribution in [0.1, 0.15) is 51.7 Å². The second kappa shape index (κ2) is 14.2. The fraction of sp³-hybridized carbons (Fsp3) is 0.424. The molecule has 1 aliphatic heterocycles. The smallest absolute Gasteiger partial charge is 0.324 e. The summed E-state index contributed by atoms with van der Waals surface area (Å²) in [4.78, 5) is 55.8. The average molecular weight is 588 g/mol. The van der Waals surface area contributed by atoms with Gasteiger partial charge in [-0.3, -0.25) is 29.2 Å². The monoisotopic (exact) mass is 587 g/mol. The molecule has 0 aliphatic carbocycles. The molecule has 3 unspecified atom stereocenters. The minimum Gasteiger partial charge on any atom is -0.468 e. The van der Waals surface area contributed by atoms with Gasteiger partial charge in [0.25, 0.3) is 5.91 Å². The molecular weight excluding hydrogens is 546 g/mol. The quantitative estimate of drug-likeness (QED) is 0.310. The third kappa shape index (κ3) is 7.95. The van der Waals surface area contributed by atoms with Gasteiger partial charge in [0.15, 0.2) is 0 Å². The van der Waals surface area contributed by atoms with E-state index >= 15 is 0 Å². The zero-order valence-electron chi connectivity index (χ0n) is 25.5. The number of nitrogens with one attached hydrogen (secondary N) is 3. The number of carbonyl (C=O) groups excluding carboxylic acids is 4. The second-order valence-electron chi connectivity index (χ2n) is 11.3. The van der Waals surface area contributed by atoms with Crippen LogP contribution in [-0.2, 0) is 36.8 Å². The number of benzene rings is 2. The van der Waals surface area contributed by atoms with Crippen molar-refractivity contribution in [2.45, 2.75) is 71.5 Å². The lowest BCUT2D eigenvalue weighted by atomic mass is 10.0. The van der Waals surface area contributed by atoms with Crippen LogP contribution in [0.2, 0.25) is 0 Å². The summed E-state index contributed by atoms with van der Waals surface area (Å²) >= 11 is 0. The van der Waals surface area contributed by atoms with E-state index in [1.54, 1.807) is 6.92 Å². The number of esters is 1. The zero-order chi connectivity index (χ0) is 31.1. The molecule has 4 rings (SSSR count). The van der Waals surface area contributed by atoms with Crippen LogP contribution in [0.4, 0.5) is 0 Å². The molecule has 228 valence electrons. The highest BCUT2D eigenvalue weighted by molar-refractivity contribution is 5.92. The summed E-state index contributed by atoms with van der Waals surface area (Å²) < 4.78 is 4.78. The van der Waals surface area contributed by atoms with E-state index in [2.05, 4.69) is 52.2 Å². The maximum Gasteiger partial charge on any atom is 0.324 e. The molecule has 0 bridgehead atoms. The summed E-state index contributed by atoms with van der Waals surface area (Å²) in [5.41, 5.74) is 6.66. The van der Waals surface area contributed by atoms with Gasteiger partial charge in [-0.2, -0.15) is 0 Å². The molecule has 1 fully saturated rings. The Morgan fingerprint density at radius 2 is 1.81 bits per heavy atom. The first kappa shape index (κ1) is 31.6. The Bertz CT molecular complexity index is 1490. The van der Waals surface area contributed by atoms with Gasteiger partial charge >= 0.3 is 5.97 Å². The third-order valence-corrected chi connectivity index (χ3v) is 7.71. The highest BCUT2D eigenvalue weighted by Gasteiger charge is 2.33. The van der Waals surface area contributed by atoms with Crippen molar-refractivity contribution < 1.29 is 23.9 Å². The van der Waals surface area contributed by atoms with Crippen LogP contribution in [0.15, 0.2) is 54.7 Å². The highest BCUT2D eigenvalue weighted by atomic mass is 16.5. The number of nitrogens with zero attached hydrogens (tertiary/aromatic N) is 2. The number of aromatic nitrogens is 1. The molecule has 2 heterocycles. The normalized spacial score (nSPS) is 16.4. The number of ether oxygens (including phenoxy) is 1. The van der Waals surface area contributed by atoms with Gasteiger partial charge in [0.2, 0.25) is 11.8 Å². The fourth-order valence-electron chi connectivity index (χ4n) is 5.21. The zero-order valence-corrected chi connectivity index (χ0v) is 25.5. The Hall–Kier alpha value is -4.31. The Morgan fingerprint density at radius 1 is 1.02 bits per heavy atom. The number of rotatable bonds is 10.